The molecular formula is C18H27N3O4. The van der Waals surface area contributed by atoms with Crippen LogP contribution in [0.4, 0.5) is 5.69 Å². The Bertz CT molecular complexity index is 620. The van der Waals surface area contributed by atoms with Crippen molar-refractivity contribution in [1.82, 2.24) is 10.2 Å². The van der Waals surface area contributed by atoms with Crippen molar-refractivity contribution in [3.05, 3.63) is 29.8 Å². The molecule has 1 saturated heterocycles. The lowest BCUT2D eigenvalue weighted by Gasteiger charge is -2.25. The maximum atomic E-state index is 12.9. The highest BCUT2D eigenvalue weighted by molar-refractivity contribution is 5.99. The van der Waals surface area contributed by atoms with Gasteiger partial charge in [0.1, 0.15) is 18.2 Å². The number of carbonyl (C=O) groups is 2. The number of aliphatic hydroxyl groups is 2. The molecule has 1 aromatic rings. The lowest BCUT2D eigenvalue weighted by atomic mass is 10.1. The predicted molar refractivity (Wildman–Crippen MR) is 95.5 cm³/mol. The van der Waals surface area contributed by atoms with E-state index in [-0.39, 0.29) is 12.5 Å². The van der Waals surface area contributed by atoms with Crippen LogP contribution in [0.25, 0.3) is 0 Å². The van der Waals surface area contributed by atoms with E-state index in [4.69, 9.17) is 0 Å². The molecule has 1 aromatic carbocycles. The highest BCUT2D eigenvalue weighted by atomic mass is 16.3. The van der Waals surface area contributed by atoms with Crippen LogP contribution in [0.3, 0.4) is 0 Å². The van der Waals surface area contributed by atoms with Crippen molar-refractivity contribution in [2.75, 3.05) is 32.1 Å². The monoisotopic (exact) mass is 349 g/mol. The van der Waals surface area contributed by atoms with E-state index >= 15 is 0 Å². The summed E-state index contributed by atoms with van der Waals surface area (Å²) >= 11 is 0. The van der Waals surface area contributed by atoms with Gasteiger partial charge in [-0.3, -0.25) is 9.59 Å². The first kappa shape index (κ1) is 19.2. The Kier molecular flexibility index (Phi) is 6.39. The standard InChI is InChI=1S/C18H27N3O4/c1-4-5-9-19-17(24)15-16(23)14(22)11-21(15)18(25)12-7-6-8-13(10-12)20(2)3/h6-8,10,14-16,22-23H,4-5,9,11H2,1-3H3,(H,19,24)/t14-,15?,16+/m0/s1. The van der Waals surface area contributed by atoms with Crippen molar-refractivity contribution in [3.63, 3.8) is 0 Å². The van der Waals surface area contributed by atoms with Crippen molar-refractivity contribution < 1.29 is 19.8 Å². The second-order valence-electron chi connectivity index (χ2n) is 6.55. The second kappa shape index (κ2) is 8.31. The summed E-state index contributed by atoms with van der Waals surface area (Å²) in [7, 11) is 3.74. The van der Waals surface area contributed by atoms with Crippen LogP contribution in [0.5, 0.6) is 0 Å². The summed E-state index contributed by atoms with van der Waals surface area (Å²) in [6.07, 6.45) is -0.683. The summed E-state index contributed by atoms with van der Waals surface area (Å²) in [4.78, 5) is 28.4. The fourth-order valence-electron chi connectivity index (χ4n) is 2.90. The number of rotatable bonds is 6. The van der Waals surface area contributed by atoms with Gasteiger partial charge in [-0.05, 0) is 24.6 Å². The number of anilines is 1. The molecule has 0 saturated carbocycles. The molecule has 1 heterocycles. The van der Waals surface area contributed by atoms with E-state index in [9.17, 15) is 19.8 Å². The third-order valence-electron chi connectivity index (χ3n) is 4.41. The number of benzene rings is 1. The number of nitrogens with one attached hydrogen (secondary N) is 1. The van der Waals surface area contributed by atoms with Gasteiger partial charge in [-0.25, -0.2) is 0 Å². The van der Waals surface area contributed by atoms with Crippen LogP contribution in [0, 0.1) is 0 Å². The number of unbranched alkanes of at least 4 members (excludes halogenated alkanes) is 1. The Hall–Kier alpha value is -2.12. The average molecular weight is 349 g/mol. The molecule has 0 radical (unpaired) electrons. The molecule has 0 bridgehead atoms. The Morgan fingerprint density at radius 1 is 1.32 bits per heavy atom. The third kappa shape index (κ3) is 4.29. The normalized spacial score (nSPS) is 22.8. The predicted octanol–water partition coefficient (Wildman–Crippen LogP) is 0.215. The molecule has 1 fully saturated rings. The molecule has 0 aliphatic carbocycles. The molecular weight excluding hydrogens is 322 g/mol. The molecule has 7 heteroatoms. The van der Waals surface area contributed by atoms with Crippen LogP contribution < -0.4 is 10.2 Å². The number of hydrogen-bond acceptors (Lipinski definition) is 5. The number of hydrogen-bond donors (Lipinski definition) is 3. The van der Waals surface area contributed by atoms with Crippen molar-refractivity contribution in [2.24, 2.45) is 0 Å². The lowest BCUT2D eigenvalue weighted by molar-refractivity contribution is -0.127. The minimum absolute atomic E-state index is 0.0714. The van der Waals surface area contributed by atoms with Gasteiger partial charge in [0, 0.05) is 31.9 Å². The first-order chi connectivity index (χ1) is 11.9. The van der Waals surface area contributed by atoms with Crippen molar-refractivity contribution in [2.45, 2.75) is 38.0 Å². The van der Waals surface area contributed by atoms with Crippen molar-refractivity contribution >= 4 is 17.5 Å². The topological polar surface area (TPSA) is 93.1 Å². The zero-order valence-corrected chi connectivity index (χ0v) is 15.0. The lowest BCUT2D eigenvalue weighted by Crippen LogP contribution is -2.50. The fourth-order valence-corrected chi connectivity index (χ4v) is 2.90. The van der Waals surface area contributed by atoms with Crippen molar-refractivity contribution in [1.29, 1.82) is 0 Å². The molecule has 7 nitrogen and oxygen atoms in total. The molecule has 3 atom stereocenters. The maximum Gasteiger partial charge on any atom is 0.254 e. The summed E-state index contributed by atoms with van der Waals surface area (Å²) in [5.74, 6) is -0.815. The van der Waals surface area contributed by atoms with Crippen LogP contribution in [0.2, 0.25) is 0 Å². The van der Waals surface area contributed by atoms with Gasteiger partial charge in [0.2, 0.25) is 5.91 Å². The number of β-amino-alcohol motifs (C(OH)–C–C–N with tert-alkyl or cyclic N) is 1. The molecule has 0 spiro atoms. The number of carbonyl (C=O) groups excluding carboxylic acids is 2. The summed E-state index contributed by atoms with van der Waals surface area (Å²) in [6.45, 7) is 2.42. The van der Waals surface area contributed by atoms with E-state index in [1.807, 2.05) is 32.0 Å². The maximum absolute atomic E-state index is 12.9. The number of aliphatic hydroxyl groups excluding tert-OH is 2. The van der Waals surface area contributed by atoms with E-state index in [1.165, 1.54) is 4.90 Å². The third-order valence-corrected chi connectivity index (χ3v) is 4.41. The van der Waals surface area contributed by atoms with Crippen LogP contribution in [-0.2, 0) is 4.79 Å². The Morgan fingerprint density at radius 3 is 2.68 bits per heavy atom. The van der Waals surface area contributed by atoms with E-state index < -0.39 is 24.2 Å². The minimum atomic E-state index is -1.29. The first-order valence-corrected chi connectivity index (χ1v) is 8.59. The van der Waals surface area contributed by atoms with E-state index in [0.29, 0.717) is 12.1 Å². The smallest absolute Gasteiger partial charge is 0.254 e. The second-order valence-corrected chi connectivity index (χ2v) is 6.55. The first-order valence-electron chi connectivity index (χ1n) is 8.59. The fraction of sp³-hybridized carbons (Fsp3) is 0.556. The Balaban J connectivity index is 2.21. The summed E-state index contributed by atoms with van der Waals surface area (Å²) < 4.78 is 0. The summed E-state index contributed by atoms with van der Waals surface area (Å²) in [5, 5.41) is 22.9. The quantitative estimate of drug-likeness (QED) is 0.639. The van der Waals surface area contributed by atoms with Gasteiger partial charge >= 0.3 is 0 Å². The van der Waals surface area contributed by atoms with Crippen LogP contribution in [0.1, 0.15) is 30.1 Å². The molecule has 3 N–H and O–H groups in total. The molecule has 1 aliphatic heterocycles. The Labute approximate surface area is 148 Å². The number of amides is 2. The molecule has 1 unspecified atom stereocenters. The zero-order chi connectivity index (χ0) is 18.6. The summed E-state index contributed by atoms with van der Waals surface area (Å²) in [5.41, 5.74) is 1.27. The van der Waals surface area contributed by atoms with Gasteiger partial charge in [-0.1, -0.05) is 19.4 Å². The zero-order valence-electron chi connectivity index (χ0n) is 15.0. The van der Waals surface area contributed by atoms with E-state index in [1.54, 1.807) is 18.2 Å². The highest BCUT2D eigenvalue weighted by Gasteiger charge is 2.46. The average Bonchev–Trinajstić information content (AvgIpc) is 2.89. The van der Waals surface area contributed by atoms with Gasteiger partial charge in [0.25, 0.3) is 5.91 Å². The number of nitrogens with zero attached hydrogens (tertiary/aromatic N) is 2. The Morgan fingerprint density at radius 2 is 2.04 bits per heavy atom. The van der Waals surface area contributed by atoms with Crippen LogP contribution >= 0.6 is 0 Å². The van der Waals surface area contributed by atoms with Gasteiger partial charge < -0.3 is 25.3 Å². The largest absolute Gasteiger partial charge is 0.388 e. The minimum Gasteiger partial charge on any atom is -0.388 e. The van der Waals surface area contributed by atoms with E-state index in [0.717, 1.165) is 18.5 Å². The molecule has 2 rings (SSSR count). The summed E-state index contributed by atoms with van der Waals surface area (Å²) in [6, 6.07) is 5.95. The molecule has 1 aliphatic rings. The molecule has 138 valence electrons. The van der Waals surface area contributed by atoms with E-state index in [2.05, 4.69) is 5.32 Å². The van der Waals surface area contributed by atoms with Gasteiger partial charge in [-0.15, -0.1) is 0 Å². The van der Waals surface area contributed by atoms with Gasteiger partial charge in [0.05, 0.1) is 6.54 Å². The van der Waals surface area contributed by atoms with Crippen LogP contribution in [-0.4, -0.2) is 72.4 Å². The van der Waals surface area contributed by atoms with Gasteiger partial charge in [-0.2, -0.15) is 0 Å². The highest BCUT2D eigenvalue weighted by Crippen LogP contribution is 2.23. The molecule has 2 amide bonds. The molecule has 0 aromatic heterocycles. The molecule has 25 heavy (non-hydrogen) atoms. The van der Waals surface area contributed by atoms with Crippen LogP contribution in [0.15, 0.2) is 24.3 Å². The van der Waals surface area contributed by atoms with Crippen molar-refractivity contribution in [3.8, 4) is 0 Å². The SMILES string of the molecule is CCCCNC(=O)C1[C@H](O)[C@@H](O)CN1C(=O)c1cccc(N(C)C)c1. The number of likely N-dealkylation sites (tertiary alicyclic amines) is 1. The van der Waals surface area contributed by atoms with Gasteiger partial charge in [0.15, 0.2) is 0 Å².